The number of nitro groups is 1. The van der Waals surface area contributed by atoms with Crippen LogP contribution in [-0.4, -0.2) is 29.5 Å². The molecule has 1 amide bonds. The fraction of sp³-hybridized carbons (Fsp3) is 0.500. The van der Waals surface area contributed by atoms with Gasteiger partial charge in [0.2, 0.25) is 0 Å². The maximum atomic E-state index is 12.1. The van der Waals surface area contributed by atoms with E-state index in [2.05, 4.69) is 5.32 Å². The van der Waals surface area contributed by atoms with Gasteiger partial charge in [-0.3, -0.25) is 14.9 Å². The van der Waals surface area contributed by atoms with Crippen LogP contribution >= 0.6 is 24.0 Å². The molecule has 23 heavy (non-hydrogen) atoms. The van der Waals surface area contributed by atoms with E-state index in [9.17, 15) is 14.9 Å². The van der Waals surface area contributed by atoms with Crippen LogP contribution in [0.4, 0.5) is 5.69 Å². The number of amides is 1. The summed E-state index contributed by atoms with van der Waals surface area (Å²) in [6.07, 6.45) is 1.24. The van der Waals surface area contributed by atoms with Crippen molar-refractivity contribution < 1.29 is 14.5 Å². The minimum atomic E-state index is -0.868. The molecule has 2 atom stereocenters. The first-order valence-electron chi connectivity index (χ1n) is 7.03. The summed E-state index contributed by atoms with van der Waals surface area (Å²) in [6, 6.07) is 3.97. The van der Waals surface area contributed by atoms with Gasteiger partial charge in [-0.2, -0.15) is 0 Å². The summed E-state index contributed by atoms with van der Waals surface area (Å²) in [5.74, 6) is 0.0883. The van der Waals surface area contributed by atoms with Crippen LogP contribution in [-0.2, 0) is 4.79 Å². The average molecular weight is 364 g/mol. The van der Waals surface area contributed by atoms with Gasteiger partial charge in [-0.1, -0.05) is 11.6 Å². The zero-order valence-electron chi connectivity index (χ0n) is 12.5. The summed E-state index contributed by atoms with van der Waals surface area (Å²) in [5, 5.41) is 14.1. The monoisotopic (exact) mass is 363 g/mol. The minimum absolute atomic E-state index is 0. The zero-order valence-corrected chi connectivity index (χ0v) is 14.1. The first kappa shape index (κ1) is 19.5. The first-order chi connectivity index (χ1) is 10.4. The number of rotatable bonds is 7. The standard InChI is InChI=1S/C14H18ClN3O4.ClH/c1-8(14(19)17-11(7-16)9-2-3-9)22-13-5-4-10(15)6-12(13)18(20)21;/h4-6,8-9,11H,2-3,7,16H2,1H3,(H,17,19);1H. The zero-order chi connectivity index (χ0) is 16.3. The lowest BCUT2D eigenvalue weighted by atomic mass is 10.2. The van der Waals surface area contributed by atoms with Crippen molar-refractivity contribution in [1.29, 1.82) is 0 Å². The van der Waals surface area contributed by atoms with Gasteiger partial charge >= 0.3 is 5.69 Å². The van der Waals surface area contributed by atoms with Crippen molar-refractivity contribution in [2.75, 3.05) is 6.54 Å². The molecule has 0 heterocycles. The molecule has 1 saturated carbocycles. The molecule has 0 spiro atoms. The van der Waals surface area contributed by atoms with E-state index in [-0.39, 0.29) is 40.8 Å². The molecule has 1 aromatic carbocycles. The first-order valence-corrected chi connectivity index (χ1v) is 7.41. The number of ether oxygens (including phenoxy) is 1. The van der Waals surface area contributed by atoms with Crippen molar-refractivity contribution in [3.8, 4) is 5.75 Å². The van der Waals surface area contributed by atoms with Crippen LogP contribution in [0.3, 0.4) is 0 Å². The second-order valence-corrected chi connectivity index (χ2v) is 5.75. The van der Waals surface area contributed by atoms with Gasteiger partial charge in [0.25, 0.3) is 5.91 Å². The lowest BCUT2D eigenvalue weighted by Gasteiger charge is -2.20. The van der Waals surface area contributed by atoms with Gasteiger partial charge in [-0.25, -0.2) is 0 Å². The third-order valence-electron chi connectivity index (χ3n) is 3.56. The predicted molar refractivity (Wildman–Crippen MR) is 89.2 cm³/mol. The Labute approximate surface area is 145 Å². The number of halogens is 2. The van der Waals surface area contributed by atoms with E-state index < -0.39 is 11.0 Å². The Kier molecular flexibility index (Phi) is 7.05. The number of carbonyl (C=O) groups excluding carboxylic acids is 1. The number of carbonyl (C=O) groups is 1. The molecule has 1 aliphatic rings. The van der Waals surface area contributed by atoms with Crippen LogP contribution in [0.25, 0.3) is 0 Å². The van der Waals surface area contributed by atoms with Crippen molar-refractivity contribution in [1.82, 2.24) is 5.32 Å². The average Bonchev–Trinajstić information content (AvgIpc) is 3.30. The van der Waals surface area contributed by atoms with E-state index in [1.54, 1.807) is 0 Å². The Morgan fingerprint density at radius 1 is 1.57 bits per heavy atom. The fourth-order valence-corrected chi connectivity index (χ4v) is 2.31. The van der Waals surface area contributed by atoms with Gasteiger partial charge in [-0.05, 0) is 37.8 Å². The van der Waals surface area contributed by atoms with Gasteiger partial charge in [0.15, 0.2) is 11.9 Å². The second-order valence-electron chi connectivity index (χ2n) is 5.32. The van der Waals surface area contributed by atoms with Crippen LogP contribution in [0.15, 0.2) is 18.2 Å². The molecule has 0 aliphatic heterocycles. The van der Waals surface area contributed by atoms with Crippen molar-refractivity contribution >= 4 is 35.6 Å². The Balaban J connectivity index is 0.00000264. The van der Waals surface area contributed by atoms with Gasteiger partial charge < -0.3 is 15.8 Å². The number of hydrogen-bond donors (Lipinski definition) is 2. The molecule has 9 heteroatoms. The molecule has 0 saturated heterocycles. The number of nitro benzene ring substituents is 1. The molecule has 0 aromatic heterocycles. The summed E-state index contributed by atoms with van der Waals surface area (Å²) in [7, 11) is 0. The number of hydrogen-bond acceptors (Lipinski definition) is 5. The Morgan fingerprint density at radius 3 is 2.74 bits per heavy atom. The number of nitrogens with one attached hydrogen (secondary N) is 1. The fourth-order valence-electron chi connectivity index (χ4n) is 2.14. The Hall–Kier alpha value is -1.57. The largest absolute Gasteiger partial charge is 0.474 e. The molecular formula is C14H19Cl2N3O4. The Bertz CT molecular complexity index is 581. The van der Waals surface area contributed by atoms with Crippen LogP contribution < -0.4 is 15.8 Å². The molecule has 0 radical (unpaired) electrons. The molecule has 128 valence electrons. The van der Waals surface area contributed by atoms with E-state index in [4.69, 9.17) is 22.1 Å². The molecule has 1 aromatic rings. The van der Waals surface area contributed by atoms with Crippen LogP contribution in [0.2, 0.25) is 5.02 Å². The summed E-state index contributed by atoms with van der Waals surface area (Å²) >= 11 is 5.74. The quantitative estimate of drug-likeness (QED) is 0.570. The molecule has 2 rings (SSSR count). The van der Waals surface area contributed by atoms with Crippen molar-refractivity contribution in [2.45, 2.75) is 31.9 Å². The highest BCUT2D eigenvalue weighted by molar-refractivity contribution is 6.30. The van der Waals surface area contributed by atoms with E-state index >= 15 is 0 Å². The van der Waals surface area contributed by atoms with Crippen LogP contribution in [0.1, 0.15) is 19.8 Å². The smallest absolute Gasteiger partial charge is 0.312 e. The van der Waals surface area contributed by atoms with E-state index in [0.717, 1.165) is 12.8 Å². The molecule has 3 N–H and O–H groups in total. The number of nitrogens with zero attached hydrogens (tertiary/aromatic N) is 1. The highest BCUT2D eigenvalue weighted by atomic mass is 35.5. The van der Waals surface area contributed by atoms with Crippen molar-refractivity contribution in [3.63, 3.8) is 0 Å². The third kappa shape index (κ3) is 5.23. The lowest BCUT2D eigenvalue weighted by molar-refractivity contribution is -0.386. The molecular weight excluding hydrogens is 345 g/mol. The molecule has 0 bridgehead atoms. The van der Waals surface area contributed by atoms with Gasteiger partial charge in [0, 0.05) is 23.7 Å². The normalized spacial score (nSPS) is 16.0. The van der Waals surface area contributed by atoms with Gasteiger partial charge in [-0.15, -0.1) is 12.4 Å². The maximum Gasteiger partial charge on any atom is 0.312 e. The van der Waals surface area contributed by atoms with Gasteiger partial charge in [0.1, 0.15) is 0 Å². The van der Waals surface area contributed by atoms with E-state index in [1.807, 2.05) is 0 Å². The highest BCUT2D eigenvalue weighted by Crippen LogP contribution is 2.33. The maximum absolute atomic E-state index is 12.1. The summed E-state index contributed by atoms with van der Waals surface area (Å²) in [6.45, 7) is 1.90. The third-order valence-corrected chi connectivity index (χ3v) is 3.80. The van der Waals surface area contributed by atoms with Gasteiger partial charge in [0.05, 0.1) is 4.92 Å². The Morgan fingerprint density at radius 2 is 2.22 bits per heavy atom. The summed E-state index contributed by atoms with van der Waals surface area (Å²) < 4.78 is 5.42. The van der Waals surface area contributed by atoms with Crippen molar-refractivity contribution in [2.24, 2.45) is 11.7 Å². The molecule has 1 aliphatic carbocycles. The summed E-state index contributed by atoms with van der Waals surface area (Å²) in [5.41, 5.74) is 5.36. The highest BCUT2D eigenvalue weighted by Gasteiger charge is 2.32. The summed E-state index contributed by atoms with van der Waals surface area (Å²) in [4.78, 5) is 22.5. The number of nitrogens with two attached hydrogens (primary N) is 1. The van der Waals surface area contributed by atoms with Crippen LogP contribution in [0, 0.1) is 16.0 Å². The predicted octanol–water partition coefficient (Wildman–Crippen LogP) is 2.29. The molecule has 7 nitrogen and oxygen atoms in total. The van der Waals surface area contributed by atoms with E-state index in [1.165, 1.54) is 25.1 Å². The van der Waals surface area contributed by atoms with E-state index in [0.29, 0.717) is 12.5 Å². The topological polar surface area (TPSA) is 107 Å². The lowest BCUT2D eigenvalue weighted by Crippen LogP contribution is -2.46. The SMILES string of the molecule is CC(Oc1ccc(Cl)cc1[N+](=O)[O-])C(=O)NC(CN)C1CC1.Cl. The number of benzene rings is 1. The second kappa shape index (κ2) is 8.33. The van der Waals surface area contributed by atoms with Crippen molar-refractivity contribution in [3.05, 3.63) is 33.3 Å². The van der Waals surface area contributed by atoms with Crippen LogP contribution in [0.5, 0.6) is 5.75 Å². The molecule has 1 fully saturated rings. The molecule has 2 unspecified atom stereocenters. The minimum Gasteiger partial charge on any atom is -0.474 e.